The number of nitrogens with two attached hydrogens (primary N) is 1. The zero-order valence-corrected chi connectivity index (χ0v) is 11.8. The number of aliphatic imine (C=N–C) groups is 1. The fourth-order valence-corrected chi connectivity index (χ4v) is 1.63. The summed E-state index contributed by atoms with van der Waals surface area (Å²) in [5, 5.41) is 12.7. The van der Waals surface area contributed by atoms with E-state index < -0.39 is 0 Å². The molecule has 0 bridgehead atoms. The molecule has 5 N–H and O–H groups in total. The molecule has 2 rings (SSSR count). The summed E-state index contributed by atoms with van der Waals surface area (Å²) in [5.41, 5.74) is 7.63. The van der Waals surface area contributed by atoms with Gasteiger partial charge in [-0.25, -0.2) is 4.99 Å². The van der Waals surface area contributed by atoms with Crippen molar-refractivity contribution in [3.63, 3.8) is 0 Å². The number of hydrogen-bond donors (Lipinski definition) is 4. The number of benzene rings is 1. The molecular weight excluding hydrogens is 268 g/mol. The molecule has 0 saturated heterocycles. The van der Waals surface area contributed by atoms with Gasteiger partial charge in [-0.2, -0.15) is 4.98 Å². The first-order valence-corrected chi connectivity index (χ1v) is 6.62. The molecule has 0 spiro atoms. The molecule has 2 aromatic rings. The molecule has 0 amide bonds. The SMILES string of the molecule is CCCN/C=N/c1ccc(-c2coc(NC(=N)N)n2)cc1. The fourth-order valence-electron chi connectivity index (χ4n) is 1.63. The molecule has 7 heteroatoms. The van der Waals surface area contributed by atoms with E-state index in [4.69, 9.17) is 15.6 Å². The van der Waals surface area contributed by atoms with E-state index in [0.717, 1.165) is 24.2 Å². The lowest BCUT2D eigenvalue weighted by Crippen LogP contribution is -2.20. The Kier molecular flexibility index (Phi) is 4.92. The van der Waals surface area contributed by atoms with Crippen molar-refractivity contribution in [2.75, 3.05) is 11.9 Å². The lowest BCUT2D eigenvalue weighted by atomic mass is 10.1. The Balaban J connectivity index is 2.03. The van der Waals surface area contributed by atoms with E-state index in [9.17, 15) is 0 Å². The third kappa shape index (κ3) is 4.34. The molecule has 21 heavy (non-hydrogen) atoms. The minimum absolute atomic E-state index is 0.198. The maximum absolute atomic E-state index is 7.11. The minimum Gasteiger partial charge on any atom is -0.431 e. The molecular formula is C14H18N6O. The van der Waals surface area contributed by atoms with E-state index in [-0.39, 0.29) is 12.0 Å². The van der Waals surface area contributed by atoms with Crippen LogP contribution in [-0.2, 0) is 0 Å². The third-order valence-electron chi connectivity index (χ3n) is 2.61. The molecule has 0 aliphatic carbocycles. The van der Waals surface area contributed by atoms with Gasteiger partial charge in [0.2, 0.25) is 0 Å². The highest BCUT2D eigenvalue weighted by Gasteiger charge is 2.06. The van der Waals surface area contributed by atoms with Gasteiger partial charge in [-0.3, -0.25) is 10.7 Å². The molecule has 0 radical (unpaired) electrons. The van der Waals surface area contributed by atoms with Gasteiger partial charge in [0.1, 0.15) is 12.0 Å². The lowest BCUT2D eigenvalue weighted by molar-refractivity contribution is 0.579. The van der Waals surface area contributed by atoms with Gasteiger partial charge in [0.15, 0.2) is 5.96 Å². The van der Waals surface area contributed by atoms with E-state index in [2.05, 4.69) is 27.5 Å². The number of oxazole rings is 1. The summed E-state index contributed by atoms with van der Waals surface area (Å²) < 4.78 is 5.17. The first-order chi connectivity index (χ1) is 10.2. The summed E-state index contributed by atoms with van der Waals surface area (Å²) in [6.07, 6.45) is 4.27. The normalized spacial score (nSPS) is 10.7. The number of guanidine groups is 1. The molecule has 0 saturated carbocycles. The van der Waals surface area contributed by atoms with Gasteiger partial charge in [-0.15, -0.1) is 0 Å². The largest absolute Gasteiger partial charge is 0.431 e. The van der Waals surface area contributed by atoms with Crippen molar-refractivity contribution in [2.24, 2.45) is 10.7 Å². The second kappa shape index (κ2) is 7.09. The Morgan fingerprint density at radius 3 is 2.86 bits per heavy atom. The Hall–Kier alpha value is -2.83. The van der Waals surface area contributed by atoms with Crippen molar-refractivity contribution in [2.45, 2.75) is 13.3 Å². The summed E-state index contributed by atoms with van der Waals surface area (Å²) in [5.74, 6) is -0.215. The summed E-state index contributed by atoms with van der Waals surface area (Å²) in [7, 11) is 0. The van der Waals surface area contributed by atoms with Gasteiger partial charge < -0.3 is 15.5 Å². The summed E-state index contributed by atoms with van der Waals surface area (Å²) in [6, 6.07) is 7.80. The molecule has 1 aromatic carbocycles. The van der Waals surface area contributed by atoms with Gasteiger partial charge in [0, 0.05) is 12.1 Å². The van der Waals surface area contributed by atoms with Crippen LogP contribution in [0.25, 0.3) is 11.3 Å². The summed E-state index contributed by atoms with van der Waals surface area (Å²) >= 11 is 0. The van der Waals surface area contributed by atoms with Crippen molar-refractivity contribution in [3.05, 3.63) is 30.5 Å². The zero-order valence-electron chi connectivity index (χ0n) is 11.8. The van der Waals surface area contributed by atoms with Crippen LogP contribution in [0.3, 0.4) is 0 Å². The first kappa shape index (κ1) is 14.6. The van der Waals surface area contributed by atoms with Crippen LogP contribution in [0.1, 0.15) is 13.3 Å². The van der Waals surface area contributed by atoms with E-state index in [1.807, 2.05) is 24.3 Å². The van der Waals surface area contributed by atoms with Crippen LogP contribution in [0, 0.1) is 5.41 Å². The number of nitrogens with zero attached hydrogens (tertiary/aromatic N) is 2. The van der Waals surface area contributed by atoms with Crippen LogP contribution in [0.5, 0.6) is 0 Å². The second-order valence-electron chi connectivity index (χ2n) is 4.34. The maximum atomic E-state index is 7.11. The number of hydrogen-bond acceptors (Lipinski definition) is 4. The topological polar surface area (TPSA) is 112 Å². The quantitative estimate of drug-likeness (QED) is 0.370. The molecule has 0 aliphatic rings. The number of anilines is 1. The van der Waals surface area contributed by atoms with Crippen LogP contribution in [0.2, 0.25) is 0 Å². The summed E-state index contributed by atoms with van der Waals surface area (Å²) in [4.78, 5) is 8.47. The Labute approximate surface area is 122 Å². The number of rotatable bonds is 6. The van der Waals surface area contributed by atoms with Gasteiger partial charge in [-0.1, -0.05) is 19.1 Å². The lowest BCUT2D eigenvalue weighted by Gasteiger charge is -1.98. The van der Waals surface area contributed by atoms with Crippen LogP contribution < -0.4 is 16.4 Å². The average molecular weight is 286 g/mol. The average Bonchev–Trinajstić information content (AvgIpc) is 2.92. The molecule has 110 valence electrons. The van der Waals surface area contributed by atoms with Crippen molar-refractivity contribution in [3.8, 4) is 11.3 Å². The highest BCUT2D eigenvalue weighted by molar-refractivity contribution is 5.87. The molecule has 0 atom stereocenters. The molecule has 0 unspecified atom stereocenters. The molecule has 7 nitrogen and oxygen atoms in total. The Bertz CT molecular complexity index is 617. The van der Waals surface area contributed by atoms with E-state index >= 15 is 0 Å². The minimum atomic E-state index is -0.215. The van der Waals surface area contributed by atoms with Crippen molar-refractivity contribution >= 4 is 24.0 Å². The van der Waals surface area contributed by atoms with Crippen LogP contribution >= 0.6 is 0 Å². The Morgan fingerprint density at radius 1 is 1.43 bits per heavy atom. The highest BCUT2D eigenvalue weighted by Crippen LogP contribution is 2.23. The zero-order chi connectivity index (χ0) is 15.1. The van der Waals surface area contributed by atoms with Crippen LogP contribution in [0.15, 0.2) is 39.9 Å². The van der Waals surface area contributed by atoms with Gasteiger partial charge in [0.05, 0.1) is 12.0 Å². The predicted molar refractivity (Wildman–Crippen MR) is 83.9 cm³/mol. The van der Waals surface area contributed by atoms with E-state index in [0.29, 0.717) is 5.69 Å². The van der Waals surface area contributed by atoms with Crippen molar-refractivity contribution in [1.29, 1.82) is 5.41 Å². The van der Waals surface area contributed by atoms with Gasteiger partial charge in [-0.05, 0) is 18.6 Å². The second-order valence-corrected chi connectivity index (χ2v) is 4.34. The Morgan fingerprint density at radius 2 is 2.19 bits per heavy atom. The maximum Gasteiger partial charge on any atom is 0.301 e. The van der Waals surface area contributed by atoms with E-state index in [1.165, 1.54) is 6.26 Å². The summed E-state index contributed by atoms with van der Waals surface area (Å²) in [6.45, 7) is 3.01. The van der Waals surface area contributed by atoms with Gasteiger partial charge in [0.25, 0.3) is 0 Å². The standard InChI is InChI=1S/C14H18N6O/c1-2-7-17-9-18-11-5-3-10(4-6-11)12-8-21-14(19-12)20-13(15)16/h3-6,8-9H,2,7H2,1H3,(H,17,18)(H4,15,16,19,20). The highest BCUT2D eigenvalue weighted by atomic mass is 16.4. The van der Waals surface area contributed by atoms with Crippen molar-refractivity contribution in [1.82, 2.24) is 10.3 Å². The number of nitrogens with one attached hydrogen (secondary N) is 3. The van der Waals surface area contributed by atoms with Crippen LogP contribution in [0.4, 0.5) is 11.7 Å². The monoisotopic (exact) mass is 286 g/mol. The first-order valence-electron chi connectivity index (χ1n) is 6.62. The molecule has 0 aliphatic heterocycles. The van der Waals surface area contributed by atoms with Crippen molar-refractivity contribution < 1.29 is 4.42 Å². The van der Waals surface area contributed by atoms with Gasteiger partial charge >= 0.3 is 6.01 Å². The predicted octanol–water partition coefficient (Wildman–Crippen LogP) is 2.31. The van der Waals surface area contributed by atoms with Crippen LogP contribution in [-0.4, -0.2) is 23.8 Å². The van der Waals surface area contributed by atoms with E-state index in [1.54, 1.807) is 6.34 Å². The molecule has 1 heterocycles. The number of aromatic nitrogens is 1. The smallest absolute Gasteiger partial charge is 0.301 e. The third-order valence-corrected chi connectivity index (χ3v) is 2.61. The molecule has 0 fully saturated rings. The molecule has 1 aromatic heterocycles. The fraction of sp³-hybridized carbons (Fsp3) is 0.214.